The Kier molecular flexibility index (Phi) is 8.31. The summed E-state index contributed by atoms with van der Waals surface area (Å²) >= 11 is 7.86. The lowest BCUT2D eigenvalue weighted by Gasteiger charge is -2.43. The summed E-state index contributed by atoms with van der Waals surface area (Å²) < 4.78 is 60.3. The summed E-state index contributed by atoms with van der Waals surface area (Å²) in [5.74, 6) is -1.56. The molecule has 7 rings (SSSR count). The number of halogens is 5. The molecule has 48 heavy (non-hydrogen) atoms. The number of likely N-dealkylation sites (N-methyl/N-ethyl adjacent to an activating group) is 1. The molecule has 0 saturated carbocycles. The largest absolute Gasteiger partial charge is 0.478 e. The predicted octanol–water partition coefficient (Wildman–Crippen LogP) is 10.7. The molecule has 0 atom stereocenters. The van der Waals surface area contributed by atoms with Crippen LogP contribution < -0.4 is 0 Å². The number of nitrogens with zero attached hydrogens (tertiary/aromatic N) is 2. The number of hydrogen-bond donors (Lipinski definition) is 1. The van der Waals surface area contributed by atoms with Crippen molar-refractivity contribution >= 4 is 40.4 Å². The maximum Gasteiger partial charge on any atom is 0.335 e. The Labute approximate surface area is 283 Å². The van der Waals surface area contributed by atoms with Gasteiger partial charge in [0.25, 0.3) is 6.43 Å². The predicted molar refractivity (Wildman–Crippen MR) is 183 cm³/mol. The van der Waals surface area contributed by atoms with Crippen LogP contribution in [0.1, 0.15) is 27.9 Å². The van der Waals surface area contributed by atoms with Crippen molar-refractivity contribution in [2.75, 3.05) is 20.1 Å². The van der Waals surface area contributed by atoms with Gasteiger partial charge in [-0.3, -0.25) is 8.87 Å². The number of aromatic carboxylic acids is 1. The van der Waals surface area contributed by atoms with Crippen molar-refractivity contribution in [3.63, 3.8) is 0 Å². The summed E-state index contributed by atoms with van der Waals surface area (Å²) in [6.07, 6.45) is -2.62. The van der Waals surface area contributed by atoms with Gasteiger partial charge in [0.2, 0.25) is 0 Å². The molecular formula is C38H27ClF4N2O2S. The van der Waals surface area contributed by atoms with E-state index in [1.165, 1.54) is 48.3 Å². The normalized spacial score (nSPS) is 14.4. The zero-order valence-electron chi connectivity index (χ0n) is 25.4. The van der Waals surface area contributed by atoms with Gasteiger partial charge in [-0.25, -0.2) is 22.4 Å². The van der Waals surface area contributed by atoms with Gasteiger partial charge < -0.3 is 5.11 Å². The molecule has 1 aliphatic rings. The van der Waals surface area contributed by atoms with Crippen molar-refractivity contribution in [1.29, 1.82) is 0 Å². The minimum Gasteiger partial charge on any atom is -0.478 e. The first-order valence-corrected chi connectivity index (χ1v) is 16.2. The number of rotatable bonds is 8. The summed E-state index contributed by atoms with van der Waals surface area (Å²) in [5, 5.41) is 10.3. The second-order valence-electron chi connectivity index (χ2n) is 11.9. The smallest absolute Gasteiger partial charge is 0.335 e. The number of likely N-dealkylation sites (tertiary alicyclic amines) is 1. The number of hydrogen-bond acceptors (Lipinski definition) is 3. The molecule has 0 bridgehead atoms. The van der Waals surface area contributed by atoms with Crippen molar-refractivity contribution in [1.82, 2.24) is 8.87 Å². The molecule has 1 aromatic heterocycles. The SMILES string of the molecule is CN1CC(F)(c2ccccc2-c2c(-c3cccc(-c4ccc(C(=O)O)cc4Cl)c3)n(Sc3ccc(C(F)F)cc3)c3ccc(F)cc23)C1. The van der Waals surface area contributed by atoms with E-state index in [9.17, 15) is 18.7 Å². The molecule has 0 amide bonds. The number of benzene rings is 5. The minimum atomic E-state index is -2.62. The average Bonchev–Trinajstić information content (AvgIpc) is 3.36. The van der Waals surface area contributed by atoms with E-state index in [0.29, 0.717) is 54.9 Å². The first-order valence-electron chi connectivity index (χ1n) is 15.0. The second kappa shape index (κ2) is 12.5. The van der Waals surface area contributed by atoms with E-state index < -0.39 is 23.9 Å². The highest BCUT2D eigenvalue weighted by atomic mass is 35.5. The molecule has 6 aromatic rings. The van der Waals surface area contributed by atoms with Gasteiger partial charge in [0.1, 0.15) is 5.82 Å². The van der Waals surface area contributed by atoms with Gasteiger partial charge in [0, 0.05) is 50.6 Å². The molecule has 0 unspecified atom stereocenters. The Morgan fingerprint density at radius 3 is 2.29 bits per heavy atom. The van der Waals surface area contributed by atoms with E-state index in [1.54, 1.807) is 36.4 Å². The Morgan fingerprint density at radius 1 is 0.875 bits per heavy atom. The molecule has 10 heteroatoms. The summed E-state index contributed by atoms with van der Waals surface area (Å²) in [4.78, 5) is 14.1. The molecule has 2 heterocycles. The molecule has 1 aliphatic heterocycles. The van der Waals surface area contributed by atoms with Crippen molar-refractivity contribution in [2.45, 2.75) is 17.0 Å². The molecule has 0 radical (unpaired) electrons. The Hall–Kier alpha value is -4.57. The third-order valence-corrected chi connectivity index (χ3v) is 9.96. The number of carboxylic acids is 1. The van der Waals surface area contributed by atoms with E-state index in [4.69, 9.17) is 11.6 Å². The van der Waals surface area contributed by atoms with Crippen LogP contribution in [0.5, 0.6) is 0 Å². The number of carboxylic acid groups (broad SMARTS) is 1. The van der Waals surface area contributed by atoms with E-state index in [-0.39, 0.29) is 29.2 Å². The van der Waals surface area contributed by atoms with Crippen LogP contribution in [-0.2, 0) is 5.67 Å². The average molecular weight is 687 g/mol. The van der Waals surface area contributed by atoms with Crippen LogP contribution in [0.3, 0.4) is 0 Å². The molecule has 5 aromatic carbocycles. The molecule has 0 aliphatic carbocycles. The Balaban J connectivity index is 1.50. The summed E-state index contributed by atoms with van der Waals surface area (Å²) in [6.45, 7) is 0.413. The van der Waals surface area contributed by atoms with Crippen LogP contribution in [0, 0.1) is 5.82 Å². The summed E-state index contributed by atoms with van der Waals surface area (Å²) in [5.41, 5.74) is 3.33. The zero-order valence-corrected chi connectivity index (χ0v) is 27.0. The van der Waals surface area contributed by atoms with Gasteiger partial charge in [-0.1, -0.05) is 72.3 Å². The lowest BCUT2D eigenvalue weighted by atomic mass is 9.82. The van der Waals surface area contributed by atoms with E-state index in [1.807, 2.05) is 52.3 Å². The monoisotopic (exact) mass is 686 g/mol. The fourth-order valence-electron chi connectivity index (χ4n) is 6.43. The summed E-state index contributed by atoms with van der Waals surface area (Å²) in [7, 11) is 1.85. The van der Waals surface area contributed by atoms with Crippen molar-refractivity contribution in [3.05, 3.63) is 137 Å². The van der Waals surface area contributed by atoms with Crippen molar-refractivity contribution in [3.8, 4) is 33.5 Å². The molecule has 0 spiro atoms. The molecule has 242 valence electrons. The fraction of sp³-hybridized carbons (Fsp3) is 0.132. The number of fused-ring (bicyclic) bond motifs is 1. The van der Waals surface area contributed by atoms with Crippen LogP contribution in [0.15, 0.2) is 114 Å². The van der Waals surface area contributed by atoms with Gasteiger partial charge in [0.05, 0.1) is 16.8 Å². The van der Waals surface area contributed by atoms with Gasteiger partial charge in [-0.2, -0.15) is 0 Å². The highest BCUT2D eigenvalue weighted by molar-refractivity contribution is 7.98. The highest BCUT2D eigenvalue weighted by Gasteiger charge is 2.45. The zero-order chi connectivity index (χ0) is 33.7. The standard InChI is InChI=1S/C38H27ClF4N2O2S/c1-44-20-38(43,21-44)31-8-3-2-7-29(31)34-30-19-26(40)12-16-33(30)45(48-27-13-9-22(10-14-27)36(41)42)35(34)24-6-4-5-23(17-24)28-15-11-25(37(46)47)18-32(28)39/h2-19,36H,20-21H2,1H3,(H,46,47). The first-order chi connectivity index (χ1) is 23.0. The van der Waals surface area contributed by atoms with Crippen LogP contribution in [0.25, 0.3) is 44.4 Å². The first kappa shape index (κ1) is 32.0. The molecule has 1 fully saturated rings. The third kappa shape index (κ3) is 5.76. The maximum absolute atomic E-state index is 16.5. The molecule has 1 N–H and O–H groups in total. The van der Waals surface area contributed by atoms with E-state index in [0.717, 1.165) is 0 Å². The molecule has 1 saturated heterocycles. The Bertz CT molecular complexity index is 2200. The number of aromatic nitrogens is 1. The van der Waals surface area contributed by atoms with Crippen molar-refractivity contribution < 1.29 is 27.5 Å². The second-order valence-corrected chi connectivity index (χ2v) is 13.3. The van der Waals surface area contributed by atoms with Crippen molar-refractivity contribution in [2.24, 2.45) is 0 Å². The Morgan fingerprint density at radius 2 is 1.60 bits per heavy atom. The summed E-state index contributed by atoms with van der Waals surface area (Å²) in [6, 6.07) is 29.6. The number of alkyl halides is 3. The lowest BCUT2D eigenvalue weighted by Crippen LogP contribution is -2.54. The number of carbonyl (C=O) groups is 1. The maximum atomic E-state index is 16.5. The van der Waals surface area contributed by atoms with E-state index in [2.05, 4.69) is 0 Å². The lowest BCUT2D eigenvalue weighted by molar-refractivity contribution is -0.0190. The van der Waals surface area contributed by atoms with Gasteiger partial charge >= 0.3 is 5.97 Å². The van der Waals surface area contributed by atoms with E-state index >= 15 is 8.78 Å². The fourth-order valence-corrected chi connectivity index (χ4v) is 7.74. The molecule has 4 nitrogen and oxygen atoms in total. The molecular weight excluding hydrogens is 660 g/mol. The van der Waals surface area contributed by atoms with Crippen LogP contribution >= 0.6 is 23.5 Å². The highest BCUT2D eigenvalue weighted by Crippen LogP contribution is 2.49. The third-order valence-electron chi connectivity index (χ3n) is 8.60. The van der Waals surface area contributed by atoms with Crippen LogP contribution in [0.4, 0.5) is 17.6 Å². The topological polar surface area (TPSA) is 45.5 Å². The van der Waals surface area contributed by atoms with Gasteiger partial charge in [-0.05, 0) is 84.2 Å². The van der Waals surface area contributed by atoms with Gasteiger partial charge in [-0.15, -0.1) is 0 Å². The minimum absolute atomic E-state index is 0.0528. The quantitative estimate of drug-likeness (QED) is 0.162. The van der Waals surface area contributed by atoms with Crippen LogP contribution in [0.2, 0.25) is 5.02 Å². The van der Waals surface area contributed by atoms with Gasteiger partial charge in [0.15, 0.2) is 5.67 Å². The van der Waals surface area contributed by atoms with Crippen LogP contribution in [-0.4, -0.2) is 40.1 Å².